The molecule has 0 bridgehead atoms. The number of hydrogen-bond donors (Lipinski definition) is 0. The van der Waals surface area contributed by atoms with Gasteiger partial charge in [0.15, 0.2) is 0 Å². The molecule has 1 rings (SSSR count). The van der Waals surface area contributed by atoms with E-state index in [0.717, 1.165) is 17.5 Å². The summed E-state index contributed by atoms with van der Waals surface area (Å²) >= 11 is 0. The summed E-state index contributed by atoms with van der Waals surface area (Å²) in [7, 11) is 0. The van der Waals surface area contributed by atoms with Crippen molar-refractivity contribution >= 4 is 0 Å². The first kappa shape index (κ1) is 13.9. The minimum atomic E-state index is -2.78. The van der Waals surface area contributed by atoms with Crippen molar-refractivity contribution < 1.29 is 13.5 Å². The Labute approximate surface area is 102 Å². The zero-order valence-electron chi connectivity index (χ0n) is 10.5. The molecule has 0 saturated heterocycles. The molecule has 1 nitrogen and oxygen atoms in total. The lowest BCUT2D eigenvalue weighted by atomic mass is 9.96. The van der Waals surface area contributed by atoms with E-state index >= 15 is 0 Å². The van der Waals surface area contributed by atoms with E-state index in [1.54, 1.807) is 12.1 Å². The van der Waals surface area contributed by atoms with E-state index in [-0.39, 0.29) is 11.7 Å². The third-order valence-electron chi connectivity index (χ3n) is 2.43. The molecular formula is C14H19F2O. The van der Waals surface area contributed by atoms with Gasteiger partial charge in [-0.2, -0.15) is 8.78 Å². The molecule has 0 aromatic heterocycles. The standard InChI is InChI=1S/C14H19F2O/c1-9(2)5-11-6-12(10(3)4)8-13(7-11)17-14(15)16/h6-10,14H,3,5H2,1-2,4H3. The van der Waals surface area contributed by atoms with Crippen molar-refractivity contribution in [2.75, 3.05) is 0 Å². The minimum absolute atomic E-state index is 0.0575. The van der Waals surface area contributed by atoms with Crippen LogP contribution in [-0.2, 0) is 6.42 Å². The van der Waals surface area contributed by atoms with Crippen molar-refractivity contribution in [1.82, 2.24) is 0 Å². The lowest BCUT2D eigenvalue weighted by molar-refractivity contribution is -0.0499. The van der Waals surface area contributed by atoms with Gasteiger partial charge in [-0.3, -0.25) is 0 Å². The summed E-state index contributed by atoms with van der Waals surface area (Å²) in [6.45, 7) is 7.24. The van der Waals surface area contributed by atoms with E-state index in [1.807, 2.05) is 13.0 Å². The molecule has 3 heteroatoms. The average molecular weight is 241 g/mol. The zero-order valence-corrected chi connectivity index (χ0v) is 10.5. The molecule has 0 amide bonds. The summed E-state index contributed by atoms with van der Waals surface area (Å²) in [5, 5.41) is 0. The molecule has 1 aromatic rings. The second-order valence-electron chi connectivity index (χ2n) is 4.79. The fourth-order valence-electron chi connectivity index (χ4n) is 1.73. The second-order valence-corrected chi connectivity index (χ2v) is 4.79. The summed E-state index contributed by atoms with van der Waals surface area (Å²) in [6, 6.07) is 5.32. The van der Waals surface area contributed by atoms with Crippen LogP contribution in [0.15, 0.2) is 18.2 Å². The predicted octanol–water partition coefficient (Wildman–Crippen LogP) is 4.42. The maximum Gasteiger partial charge on any atom is 0.387 e. The van der Waals surface area contributed by atoms with Crippen molar-refractivity contribution in [2.45, 2.75) is 39.7 Å². The van der Waals surface area contributed by atoms with Crippen LogP contribution in [0.5, 0.6) is 5.75 Å². The van der Waals surface area contributed by atoms with E-state index in [9.17, 15) is 8.78 Å². The van der Waals surface area contributed by atoms with Crippen molar-refractivity contribution in [1.29, 1.82) is 0 Å². The monoisotopic (exact) mass is 241 g/mol. The molecule has 0 heterocycles. The number of ether oxygens (including phenoxy) is 1. The topological polar surface area (TPSA) is 9.23 Å². The summed E-state index contributed by atoms with van der Waals surface area (Å²) in [6.07, 6.45) is 0.847. The van der Waals surface area contributed by atoms with Crippen molar-refractivity contribution in [3.8, 4) is 5.75 Å². The lowest BCUT2D eigenvalue weighted by Crippen LogP contribution is -2.04. The Morgan fingerprint density at radius 2 is 1.82 bits per heavy atom. The molecule has 0 saturated carbocycles. The highest BCUT2D eigenvalue weighted by Crippen LogP contribution is 2.25. The number of halogens is 2. The summed E-state index contributed by atoms with van der Waals surface area (Å²) in [5.41, 5.74) is 1.95. The van der Waals surface area contributed by atoms with Crippen LogP contribution in [0.4, 0.5) is 8.78 Å². The summed E-state index contributed by atoms with van der Waals surface area (Å²) < 4.78 is 28.9. The number of hydrogen-bond acceptors (Lipinski definition) is 1. The van der Waals surface area contributed by atoms with Gasteiger partial charge in [0.1, 0.15) is 5.75 Å². The molecule has 0 fully saturated rings. The van der Waals surface area contributed by atoms with Gasteiger partial charge < -0.3 is 4.74 Å². The van der Waals surface area contributed by atoms with Crippen LogP contribution in [0.2, 0.25) is 0 Å². The molecule has 0 spiro atoms. The molecule has 1 radical (unpaired) electrons. The fraction of sp³-hybridized carbons (Fsp3) is 0.500. The molecule has 1 atom stereocenters. The maximum atomic E-state index is 12.2. The van der Waals surface area contributed by atoms with E-state index < -0.39 is 6.61 Å². The van der Waals surface area contributed by atoms with Gasteiger partial charge in [-0.15, -0.1) is 0 Å². The molecule has 17 heavy (non-hydrogen) atoms. The van der Waals surface area contributed by atoms with Crippen LogP contribution in [0.3, 0.4) is 0 Å². The smallest absolute Gasteiger partial charge is 0.387 e. The molecule has 1 aromatic carbocycles. The average Bonchev–Trinajstić information content (AvgIpc) is 2.14. The fourth-order valence-corrected chi connectivity index (χ4v) is 1.73. The quantitative estimate of drug-likeness (QED) is 0.741. The maximum absolute atomic E-state index is 12.2. The SMILES string of the molecule is [CH2]C(C)c1cc(CC(C)C)cc(OC(F)F)c1. The Bertz CT molecular complexity index is 331. The normalized spacial score (nSPS) is 11.6. The van der Waals surface area contributed by atoms with Crippen molar-refractivity contribution in [3.05, 3.63) is 36.2 Å². The molecule has 0 N–H and O–H groups in total. The summed E-state index contributed by atoms with van der Waals surface area (Å²) in [4.78, 5) is 0. The van der Waals surface area contributed by atoms with Gasteiger partial charge in [0.05, 0.1) is 0 Å². The second kappa shape index (κ2) is 5.99. The summed E-state index contributed by atoms with van der Waals surface area (Å²) in [5.74, 6) is 0.760. The van der Waals surface area contributed by atoms with Gasteiger partial charge in [-0.1, -0.05) is 26.8 Å². The Kier molecular flexibility index (Phi) is 4.91. The Morgan fingerprint density at radius 3 is 2.29 bits per heavy atom. The van der Waals surface area contributed by atoms with Gasteiger partial charge in [0.2, 0.25) is 0 Å². The molecule has 0 aliphatic heterocycles. The van der Waals surface area contributed by atoms with Crippen LogP contribution < -0.4 is 4.74 Å². The highest BCUT2D eigenvalue weighted by Gasteiger charge is 2.10. The molecule has 1 unspecified atom stereocenters. The third-order valence-corrected chi connectivity index (χ3v) is 2.43. The zero-order chi connectivity index (χ0) is 13.0. The number of alkyl halides is 2. The Balaban J connectivity index is 3.00. The van der Waals surface area contributed by atoms with Gasteiger partial charge in [0.25, 0.3) is 0 Å². The first-order chi connectivity index (χ1) is 7.88. The van der Waals surface area contributed by atoms with Crippen LogP contribution in [0, 0.1) is 12.8 Å². The van der Waals surface area contributed by atoms with Crippen LogP contribution in [-0.4, -0.2) is 6.61 Å². The van der Waals surface area contributed by atoms with Gasteiger partial charge in [-0.25, -0.2) is 0 Å². The third kappa shape index (κ3) is 4.72. The van der Waals surface area contributed by atoms with Gasteiger partial charge in [-0.05, 0) is 48.4 Å². The van der Waals surface area contributed by atoms with Crippen LogP contribution in [0.1, 0.15) is 37.8 Å². The van der Waals surface area contributed by atoms with Gasteiger partial charge >= 0.3 is 6.61 Å². The number of rotatable bonds is 5. The van der Waals surface area contributed by atoms with Crippen molar-refractivity contribution in [3.63, 3.8) is 0 Å². The first-order valence-corrected chi connectivity index (χ1v) is 5.80. The molecule has 95 valence electrons. The van der Waals surface area contributed by atoms with E-state index in [1.165, 1.54) is 0 Å². The first-order valence-electron chi connectivity index (χ1n) is 5.80. The number of benzene rings is 1. The Hall–Kier alpha value is -1.12. The minimum Gasteiger partial charge on any atom is -0.435 e. The highest BCUT2D eigenvalue weighted by atomic mass is 19.3. The molecular weight excluding hydrogens is 222 g/mol. The van der Waals surface area contributed by atoms with Crippen LogP contribution in [0.25, 0.3) is 0 Å². The Morgan fingerprint density at radius 1 is 1.18 bits per heavy atom. The largest absolute Gasteiger partial charge is 0.435 e. The van der Waals surface area contributed by atoms with Crippen molar-refractivity contribution in [2.24, 2.45) is 5.92 Å². The predicted molar refractivity (Wildman–Crippen MR) is 65.4 cm³/mol. The highest BCUT2D eigenvalue weighted by molar-refractivity contribution is 5.36. The van der Waals surface area contributed by atoms with E-state index in [4.69, 9.17) is 0 Å². The molecule has 0 aliphatic rings. The van der Waals surface area contributed by atoms with E-state index in [2.05, 4.69) is 25.5 Å². The molecule has 0 aliphatic carbocycles. The van der Waals surface area contributed by atoms with Crippen LogP contribution >= 0.6 is 0 Å². The van der Waals surface area contributed by atoms with Gasteiger partial charge in [0, 0.05) is 0 Å². The lowest BCUT2D eigenvalue weighted by Gasteiger charge is -2.13. The van der Waals surface area contributed by atoms with E-state index in [0.29, 0.717) is 5.92 Å².